The molecule has 26 heavy (non-hydrogen) atoms. The molecule has 4 nitrogen and oxygen atoms in total. The number of fused-ring (bicyclic) bond motifs is 1. The molecule has 6 heteroatoms. The average Bonchev–Trinajstić information content (AvgIpc) is 2.60. The van der Waals surface area contributed by atoms with Crippen molar-refractivity contribution in [3.63, 3.8) is 0 Å². The van der Waals surface area contributed by atoms with Crippen LogP contribution in [0.4, 0.5) is 0 Å². The van der Waals surface area contributed by atoms with Crippen molar-refractivity contribution < 1.29 is 9.15 Å². The summed E-state index contributed by atoms with van der Waals surface area (Å²) in [5.41, 5.74) is 3.02. The fourth-order valence-corrected chi connectivity index (χ4v) is 3.25. The van der Waals surface area contributed by atoms with Crippen molar-refractivity contribution in [1.82, 2.24) is 4.90 Å². The Morgan fingerprint density at radius 1 is 1.12 bits per heavy atom. The lowest BCUT2D eigenvalue weighted by Gasteiger charge is -2.15. The summed E-state index contributed by atoms with van der Waals surface area (Å²) in [5.74, 6) is 1.19. The Bertz CT molecular complexity index is 955. The maximum Gasteiger partial charge on any atom is 0.199 e. The van der Waals surface area contributed by atoms with Crippen molar-refractivity contribution in [2.24, 2.45) is 0 Å². The van der Waals surface area contributed by atoms with E-state index in [0.717, 1.165) is 11.1 Å². The van der Waals surface area contributed by atoms with Crippen LogP contribution in [0.2, 0.25) is 0 Å². The summed E-state index contributed by atoms with van der Waals surface area (Å²) in [6.07, 6.45) is 0. The van der Waals surface area contributed by atoms with Gasteiger partial charge >= 0.3 is 0 Å². The highest BCUT2D eigenvalue weighted by Crippen LogP contribution is 2.32. The van der Waals surface area contributed by atoms with Gasteiger partial charge in [0.15, 0.2) is 5.43 Å². The summed E-state index contributed by atoms with van der Waals surface area (Å²) in [6.45, 7) is 2.49. The Morgan fingerprint density at radius 3 is 2.42 bits per heavy atom. The maximum atomic E-state index is 13.1. The van der Waals surface area contributed by atoms with Crippen LogP contribution in [-0.2, 0) is 6.54 Å². The monoisotopic (exact) mass is 485 g/mol. The Labute approximate surface area is 172 Å². The number of hydrogen-bond donors (Lipinski definition) is 0. The molecule has 0 radical (unpaired) electrons. The number of halogens is 2. The molecular formula is C20H21ClINO3. The molecule has 0 atom stereocenters. The third-order valence-electron chi connectivity index (χ3n) is 4.05. The first-order valence-corrected chi connectivity index (χ1v) is 9.53. The minimum absolute atomic E-state index is 0. The van der Waals surface area contributed by atoms with E-state index < -0.39 is 0 Å². The van der Waals surface area contributed by atoms with E-state index in [0.29, 0.717) is 39.2 Å². The second-order valence-corrected chi connectivity index (χ2v) is 6.79. The molecule has 0 aliphatic rings. The lowest BCUT2D eigenvalue weighted by atomic mass is 10.0. The third kappa shape index (κ3) is 4.05. The number of ether oxygens (including phenoxy) is 1. The second-order valence-electron chi connectivity index (χ2n) is 6.17. The maximum absolute atomic E-state index is 13.1. The molecular weight excluding hydrogens is 465 g/mol. The van der Waals surface area contributed by atoms with Crippen molar-refractivity contribution in [2.75, 3.05) is 18.7 Å². The number of alkyl halides is 1. The number of hydrogen-bond acceptors (Lipinski definition) is 4. The van der Waals surface area contributed by atoms with Gasteiger partial charge in [-0.1, -0.05) is 36.4 Å². The summed E-state index contributed by atoms with van der Waals surface area (Å²) in [7, 11) is 3.98. The zero-order valence-corrected chi connectivity index (χ0v) is 17.9. The zero-order chi connectivity index (χ0) is 18.0. The predicted molar refractivity (Wildman–Crippen MR) is 117 cm³/mol. The molecule has 0 N–H and O–H groups in total. The van der Waals surface area contributed by atoms with Gasteiger partial charge in [0.2, 0.25) is 0 Å². The molecule has 0 bridgehead atoms. The molecule has 3 aromatic rings. The molecule has 3 rings (SSSR count). The van der Waals surface area contributed by atoms with Gasteiger partial charge in [-0.2, -0.15) is 0 Å². The van der Waals surface area contributed by atoms with Crippen LogP contribution in [-0.4, -0.2) is 23.6 Å². The van der Waals surface area contributed by atoms with Crippen LogP contribution < -0.4 is 10.2 Å². The molecule has 0 unspecified atom stereocenters. The highest BCUT2D eigenvalue weighted by Gasteiger charge is 2.19. The standard InChI is InChI=1S/C20H20INO3.ClH/c1-13-18(23)17-16(24-12-21)10-9-15(11-22(2)3)20(17)25-19(13)14-7-5-4-6-8-14;/h4-10H,11-12H2,1-3H3;1H. The SMILES string of the molecule is Cc1c(-c2ccccc2)oc2c(CN(C)C)ccc(OCI)c2c1=O.Cl. The van der Waals surface area contributed by atoms with Crippen molar-refractivity contribution in [3.8, 4) is 17.1 Å². The van der Waals surface area contributed by atoms with Gasteiger partial charge in [-0.3, -0.25) is 4.79 Å². The summed E-state index contributed by atoms with van der Waals surface area (Å²) in [4.78, 5) is 15.2. The van der Waals surface area contributed by atoms with Crippen LogP contribution in [0.5, 0.6) is 5.75 Å². The van der Waals surface area contributed by atoms with Gasteiger partial charge < -0.3 is 14.1 Å². The smallest absolute Gasteiger partial charge is 0.199 e. The molecule has 0 saturated carbocycles. The average molecular weight is 486 g/mol. The molecule has 0 saturated heterocycles. The lowest BCUT2D eigenvalue weighted by Crippen LogP contribution is -2.14. The highest BCUT2D eigenvalue weighted by atomic mass is 127. The lowest BCUT2D eigenvalue weighted by molar-refractivity contribution is 0.397. The summed E-state index contributed by atoms with van der Waals surface area (Å²) < 4.78 is 12.4. The first-order valence-electron chi connectivity index (χ1n) is 8.01. The first-order chi connectivity index (χ1) is 12.0. The van der Waals surface area contributed by atoms with E-state index in [4.69, 9.17) is 9.15 Å². The molecule has 0 amide bonds. The van der Waals surface area contributed by atoms with Crippen molar-refractivity contribution in [2.45, 2.75) is 13.5 Å². The molecule has 0 aliphatic carbocycles. The first kappa shape index (κ1) is 20.7. The van der Waals surface area contributed by atoms with E-state index in [2.05, 4.69) is 27.5 Å². The number of benzene rings is 2. The quantitative estimate of drug-likeness (QED) is 0.376. The molecule has 2 aromatic carbocycles. The molecule has 0 spiro atoms. The van der Waals surface area contributed by atoms with E-state index in [9.17, 15) is 4.79 Å². The van der Waals surface area contributed by atoms with E-state index >= 15 is 0 Å². The fourth-order valence-electron chi connectivity index (χ4n) is 2.92. The van der Waals surface area contributed by atoms with E-state index in [-0.39, 0.29) is 17.8 Å². The van der Waals surface area contributed by atoms with Crippen LogP contribution >= 0.6 is 35.0 Å². The molecule has 138 valence electrons. The molecule has 1 aromatic heterocycles. The van der Waals surface area contributed by atoms with Gasteiger partial charge in [-0.25, -0.2) is 0 Å². The Morgan fingerprint density at radius 2 is 1.81 bits per heavy atom. The number of rotatable bonds is 5. The second kappa shape index (κ2) is 8.88. The normalized spacial score (nSPS) is 10.8. The van der Waals surface area contributed by atoms with Gasteiger partial charge in [-0.15, -0.1) is 12.4 Å². The minimum atomic E-state index is -0.0411. The molecule has 0 fully saturated rings. The zero-order valence-electron chi connectivity index (χ0n) is 14.9. The highest BCUT2D eigenvalue weighted by molar-refractivity contribution is 14.1. The minimum Gasteiger partial charge on any atom is -0.482 e. The van der Waals surface area contributed by atoms with Crippen LogP contribution in [0.1, 0.15) is 11.1 Å². The van der Waals surface area contributed by atoms with E-state index in [1.54, 1.807) is 6.92 Å². The van der Waals surface area contributed by atoms with Crippen LogP contribution in [0.25, 0.3) is 22.3 Å². The number of nitrogens with zero attached hydrogens (tertiary/aromatic N) is 1. The predicted octanol–water partition coefficient (Wildman–Crippen LogP) is 5.02. The van der Waals surface area contributed by atoms with Gasteiger partial charge in [0.25, 0.3) is 0 Å². The van der Waals surface area contributed by atoms with Gasteiger partial charge in [-0.05, 0) is 49.7 Å². The van der Waals surface area contributed by atoms with E-state index in [1.807, 2.05) is 56.6 Å². The van der Waals surface area contributed by atoms with Crippen LogP contribution in [0.15, 0.2) is 51.7 Å². The van der Waals surface area contributed by atoms with Gasteiger partial charge in [0.1, 0.15) is 27.1 Å². The Balaban J connectivity index is 0.00000243. The van der Waals surface area contributed by atoms with Crippen LogP contribution in [0, 0.1) is 6.92 Å². The van der Waals surface area contributed by atoms with Gasteiger partial charge in [0, 0.05) is 23.2 Å². The van der Waals surface area contributed by atoms with Crippen molar-refractivity contribution >= 4 is 46.0 Å². The molecule has 1 heterocycles. The summed E-state index contributed by atoms with van der Waals surface area (Å²) in [6, 6.07) is 13.6. The topological polar surface area (TPSA) is 42.7 Å². The Kier molecular flexibility index (Phi) is 7.08. The van der Waals surface area contributed by atoms with Crippen LogP contribution in [0.3, 0.4) is 0 Å². The van der Waals surface area contributed by atoms with E-state index in [1.165, 1.54) is 0 Å². The summed E-state index contributed by atoms with van der Waals surface area (Å²) >= 11 is 2.13. The largest absolute Gasteiger partial charge is 0.482 e. The van der Waals surface area contributed by atoms with Crippen molar-refractivity contribution in [3.05, 3.63) is 63.8 Å². The van der Waals surface area contributed by atoms with Crippen molar-refractivity contribution in [1.29, 1.82) is 0 Å². The summed E-state index contributed by atoms with van der Waals surface area (Å²) in [5, 5.41) is 0.521. The molecule has 0 aliphatic heterocycles. The fraction of sp³-hybridized carbons (Fsp3) is 0.250. The Hall–Kier alpha value is -1.57. The third-order valence-corrected chi connectivity index (χ3v) is 4.36. The van der Waals surface area contributed by atoms with Gasteiger partial charge in [0.05, 0.1) is 0 Å².